The average molecular weight is 481 g/mol. The molecule has 0 aromatic heterocycles. The number of hydrogen-bond donors (Lipinski definition) is 5. The summed E-state index contributed by atoms with van der Waals surface area (Å²) in [7, 11) is 0. The van der Waals surface area contributed by atoms with E-state index in [4.69, 9.17) is 9.94 Å². The van der Waals surface area contributed by atoms with Crippen molar-refractivity contribution >= 4 is 23.6 Å². The Morgan fingerprint density at radius 1 is 1.06 bits per heavy atom. The number of carbonyl (C=O) groups excluding carboxylic acids is 4. The minimum Gasteiger partial charge on any atom is -0.494 e. The number of hydroxylamine groups is 1. The second-order valence-electron chi connectivity index (χ2n) is 8.15. The summed E-state index contributed by atoms with van der Waals surface area (Å²) in [6, 6.07) is 6.12. The molecule has 0 unspecified atom stereocenters. The van der Waals surface area contributed by atoms with Crippen LogP contribution in [0.15, 0.2) is 24.3 Å². The highest BCUT2D eigenvalue weighted by molar-refractivity contribution is 5.92. The van der Waals surface area contributed by atoms with Gasteiger partial charge in [-0.25, -0.2) is 5.48 Å². The van der Waals surface area contributed by atoms with Gasteiger partial charge in [-0.3, -0.25) is 28.8 Å². The lowest BCUT2D eigenvalue weighted by Crippen LogP contribution is -2.50. The fourth-order valence-electron chi connectivity index (χ4n) is 3.56. The van der Waals surface area contributed by atoms with Crippen LogP contribution in [0.1, 0.15) is 44.1 Å². The number of amides is 4. The van der Waals surface area contributed by atoms with Crippen LogP contribution >= 0.6 is 0 Å². The third-order valence-corrected chi connectivity index (χ3v) is 5.45. The zero-order chi connectivity index (χ0) is 24.8. The summed E-state index contributed by atoms with van der Waals surface area (Å²) in [6.45, 7) is 0.0750. The second-order valence-corrected chi connectivity index (χ2v) is 8.15. The summed E-state index contributed by atoms with van der Waals surface area (Å²) >= 11 is 0. The maximum absolute atomic E-state index is 12.8. The molecule has 0 spiro atoms. The molecule has 4 amide bonds. The molecule has 5 N–H and O–H groups in total. The maximum atomic E-state index is 12.8. The number of halogens is 1. The van der Waals surface area contributed by atoms with Gasteiger partial charge in [0.1, 0.15) is 11.8 Å². The van der Waals surface area contributed by atoms with E-state index in [9.17, 15) is 23.6 Å². The predicted molar refractivity (Wildman–Crippen MR) is 121 cm³/mol. The van der Waals surface area contributed by atoms with Crippen molar-refractivity contribution in [3.05, 3.63) is 29.8 Å². The number of benzene rings is 1. The largest absolute Gasteiger partial charge is 0.494 e. The number of ether oxygens (including phenoxy) is 1. The molecule has 2 aliphatic rings. The van der Waals surface area contributed by atoms with Gasteiger partial charge in [-0.15, -0.1) is 0 Å². The van der Waals surface area contributed by atoms with Crippen LogP contribution in [0.3, 0.4) is 0 Å². The van der Waals surface area contributed by atoms with Crippen molar-refractivity contribution in [2.75, 3.05) is 26.4 Å². The van der Waals surface area contributed by atoms with E-state index < -0.39 is 36.4 Å². The molecule has 2 aliphatic heterocycles. The molecule has 1 aromatic carbocycles. The standard InChI is InChI=1S/C23H33FN4O6/c24-10-2-1-3-11-25-21(30)15-26-23(32)19-13-16-6-8-18(9-7-16)34-12-4-5-17(22(31)28-33)14-20(29)27-19/h6-9,17,19,33H,1-5,10-15H2,(H,25,30)(H,26,32)(H,27,29)(H,28,31)/t17-,19-/m0/s1. The van der Waals surface area contributed by atoms with Gasteiger partial charge in [0.15, 0.2) is 0 Å². The Kier molecular flexibility index (Phi) is 11.8. The minimum absolute atomic E-state index is 0.166. The van der Waals surface area contributed by atoms with Gasteiger partial charge in [0.2, 0.25) is 23.6 Å². The summed E-state index contributed by atoms with van der Waals surface area (Å²) in [5, 5.41) is 16.8. The monoisotopic (exact) mass is 480 g/mol. The van der Waals surface area contributed by atoms with E-state index >= 15 is 0 Å². The molecule has 188 valence electrons. The van der Waals surface area contributed by atoms with Gasteiger partial charge in [-0.1, -0.05) is 12.1 Å². The molecule has 0 saturated heterocycles. The Labute approximate surface area is 198 Å². The number of alkyl halides is 1. The molecule has 0 fully saturated rings. The molecule has 3 rings (SSSR count). The third-order valence-electron chi connectivity index (χ3n) is 5.45. The Balaban J connectivity index is 2.02. The Morgan fingerprint density at radius 2 is 1.82 bits per heavy atom. The molecular weight excluding hydrogens is 447 g/mol. The lowest BCUT2D eigenvalue weighted by atomic mass is 9.97. The van der Waals surface area contributed by atoms with Crippen molar-refractivity contribution in [3.8, 4) is 5.75 Å². The average Bonchev–Trinajstić information content (AvgIpc) is 2.84. The first-order chi connectivity index (χ1) is 16.4. The molecule has 0 saturated carbocycles. The van der Waals surface area contributed by atoms with Crippen LogP contribution < -0.4 is 26.2 Å². The molecule has 1 aromatic rings. The number of unbranched alkanes of at least 4 members (excludes halogenated alkanes) is 2. The lowest BCUT2D eigenvalue weighted by molar-refractivity contribution is -0.137. The quantitative estimate of drug-likeness (QED) is 0.201. The minimum atomic E-state index is -0.975. The highest BCUT2D eigenvalue weighted by Gasteiger charge is 2.26. The highest BCUT2D eigenvalue weighted by atomic mass is 19.1. The first kappa shape index (κ1) is 27.0. The van der Waals surface area contributed by atoms with E-state index in [0.29, 0.717) is 51.0 Å². The van der Waals surface area contributed by atoms with E-state index in [0.717, 1.165) is 5.56 Å². The van der Waals surface area contributed by atoms with Gasteiger partial charge in [0.05, 0.1) is 19.8 Å². The lowest BCUT2D eigenvalue weighted by Gasteiger charge is -2.21. The van der Waals surface area contributed by atoms with Gasteiger partial charge in [-0.05, 0) is 49.8 Å². The van der Waals surface area contributed by atoms with Crippen LogP contribution in [0, 0.1) is 5.92 Å². The fourth-order valence-corrected chi connectivity index (χ4v) is 3.56. The molecule has 2 atom stereocenters. The number of fused-ring (bicyclic) bond motifs is 11. The van der Waals surface area contributed by atoms with Gasteiger partial charge >= 0.3 is 0 Å². The molecule has 2 bridgehead atoms. The predicted octanol–water partition coefficient (Wildman–Crippen LogP) is 0.770. The van der Waals surface area contributed by atoms with Crippen LogP contribution in [0.4, 0.5) is 4.39 Å². The van der Waals surface area contributed by atoms with Crippen molar-refractivity contribution in [2.45, 2.75) is 51.0 Å². The zero-order valence-corrected chi connectivity index (χ0v) is 19.1. The molecular formula is C23H33FN4O6. The number of nitrogens with one attached hydrogen (secondary N) is 4. The molecule has 0 radical (unpaired) electrons. The van der Waals surface area contributed by atoms with Gasteiger partial charge in [0.25, 0.3) is 0 Å². The topological polar surface area (TPSA) is 146 Å². The van der Waals surface area contributed by atoms with E-state index in [1.54, 1.807) is 29.7 Å². The SMILES string of the molecule is O=C(CNC(=O)[C@@H]1Cc2ccc(cc2)OCCC[C@H](C(=O)NO)CC(=O)N1)NCCCCCF. The fraction of sp³-hybridized carbons (Fsp3) is 0.565. The van der Waals surface area contributed by atoms with Crippen molar-refractivity contribution in [2.24, 2.45) is 5.92 Å². The number of hydrogen-bond acceptors (Lipinski definition) is 6. The van der Waals surface area contributed by atoms with Crippen molar-refractivity contribution < 1.29 is 33.5 Å². The summed E-state index contributed by atoms with van der Waals surface area (Å²) in [5.41, 5.74) is 2.35. The van der Waals surface area contributed by atoms with Gasteiger partial charge < -0.3 is 20.7 Å². The van der Waals surface area contributed by atoms with Crippen LogP contribution in [0.5, 0.6) is 5.75 Å². The zero-order valence-electron chi connectivity index (χ0n) is 19.1. The van der Waals surface area contributed by atoms with Crippen molar-refractivity contribution in [1.29, 1.82) is 0 Å². The highest BCUT2D eigenvalue weighted by Crippen LogP contribution is 2.17. The molecule has 34 heavy (non-hydrogen) atoms. The van der Waals surface area contributed by atoms with Crippen LogP contribution in [-0.4, -0.2) is 61.2 Å². The molecule has 10 nitrogen and oxygen atoms in total. The maximum Gasteiger partial charge on any atom is 0.246 e. The number of carbonyl (C=O) groups is 4. The molecule has 2 heterocycles. The normalized spacial score (nSPS) is 18.7. The summed E-state index contributed by atoms with van der Waals surface area (Å²) in [4.78, 5) is 49.4. The summed E-state index contributed by atoms with van der Waals surface area (Å²) in [5.74, 6) is -2.30. The van der Waals surface area contributed by atoms with E-state index in [1.165, 1.54) is 0 Å². The van der Waals surface area contributed by atoms with Crippen molar-refractivity contribution in [3.63, 3.8) is 0 Å². The van der Waals surface area contributed by atoms with Crippen LogP contribution in [-0.2, 0) is 25.6 Å². The Bertz CT molecular complexity index is 820. The van der Waals surface area contributed by atoms with E-state index in [-0.39, 0.29) is 25.3 Å². The third kappa shape index (κ3) is 9.74. The van der Waals surface area contributed by atoms with Crippen LogP contribution in [0.2, 0.25) is 0 Å². The Morgan fingerprint density at radius 3 is 2.53 bits per heavy atom. The smallest absolute Gasteiger partial charge is 0.246 e. The van der Waals surface area contributed by atoms with Crippen LogP contribution in [0.25, 0.3) is 0 Å². The first-order valence-corrected chi connectivity index (χ1v) is 11.5. The summed E-state index contributed by atoms with van der Waals surface area (Å²) < 4.78 is 17.7. The van der Waals surface area contributed by atoms with E-state index in [1.807, 2.05) is 0 Å². The molecule has 11 heteroatoms. The number of rotatable bonds is 9. The second kappa shape index (κ2) is 14.8. The molecule has 0 aliphatic carbocycles. The van der Waals surface area contributed by atoms with E-state index in [2.05, 4.69) is 16.0 Å². The van der Waals surface area contributed by atoms with Gasteiger partial charge in [0, 0.05) is 25.3 Å². The first-order valence-electron chi connectivity index (χ1n) is 11.5. The van der Waals surface area contributed by atoms with Crippen molar-refractivity contribution in [1.82, 2.24) is 21.4 Å². The summed E-state index contributed by atoms with van der Waals surface area (Å²) in [6.07, 6.45) is 2.50. The Hall–Kier alpha value is -3.21. The van der Waals surface area contributed by atoms with Gasteiger partial charge in [-0.2, -0.15) is 0 Å².